The summed E-state index contributed by atoms with van der Waals surface area (Å²) >= 11 is 5.99. The highest BCUT2D eigenvalue weighted by Crippen LogP contribution is 2.26. The molecule has 2 saturated heterocycles. The first-order chi connectivity index (χ1) is 9.83. The Balaban J connectivity index is 0.00000161. The van der Waals surface area contributed by atoms with Crippen LogP contribution in [-0.4, -0.2) is 36.6 Å². The van der Waals surface area contributed by atoms with Crippen LogP contribution in [0.2, 0.25) is 5.02 Å². The van der Waals surface area contributed by atoms with Crippen molar-refractivity contribution in [2.45, 2.75) is 50.6 Å². The number of likely N-dealkylation sites (tertiary alicyclic amines) is 1. The van der Waals surface area contributed by atoms with Crippen LogP contribution in [0.15, 0.2) is 24.3 Å². The van der Waals surface area contributed by atoms with Gasteiger partial charge in [-0.1, -0.05) is 30.2 Å². The quantitative estimate of drug-likeness (QED) is 0.904. The molecule has 0 radical (unpaired) electrons. The summed E-state index contributed by atoms with van der Waals surface area (Å²) in [4.78, 5) is 2.80. The maximum absolute atomic E-state index is 5.99. The smallest absolute Gasteiger partial charge is 0.0406 e. The molecule has 0 bridgehead atoms. The van der Waals surface area contributed by atoms with Crippen LogP contribution in [0.25, 0.3) is 0 Å². The lowest BCUT2D eigenvalue weighted by atomic mass is 9.91. The van der Waals surface area contributed by atoms with Gasteiger partial charge in [0.05, 0.1) is 0 Å². The molecule has 0 spiro atoms. The van der Waals surface area contributed by atoms with Gasteiger partial charge in [0.1, 0.15) is 0 Å². The fourth-order valence-corrected chi connectivity index (χ4v) is 3.88. The van der Waals surface area contributed by atoms with E-state index in [1.807, 2.05) is 12.1 Å². The third kappa shape index (κ3) is 4.59. The van der Waals surface area contributed by atoms with Crippen LogP contribution in [0, 0.1) is 0 Å². The lowest BCUT2D eigenvalue weighted by molar-refractivity contribution is 0.0763. The van der Waals surface area contributed by atoms with Gasteiger partial charge in [-0.2, -0.15) is 0 Å². The van der Waals surface area contributed by atoms with Crippen molar-refractivity contribution in [1.82, 2.24) is 10.2 Å². The normalized spacial score (nSPS) is 24.5. The fourth-order valence-electron chi connectivity index (χ4n) is 3.75. The number of hydrogen-bond acceptors (Lipinski definition) is 2. The van der Waals surface area contributed by atoms with Gasteiger partial charge in [-0.3, -0.25) is 4.90 Å². The number of benzene rings is 1. The van der Waals surface area contributed by atoms with Gasteiger partial charge < -0.3 is 5.32 Å². The third-order valence-corrected chi connectivity index (χ3v) is 5.09. The molecular formula is C17H26Cl2N2. The highest BCUT2D eigenvalue weighted by atomic mass is 35.5. The molecule has 1 aromatic rings. The summed E-state index contributed by atoms with van der Waals surface area (Å²) in [7, 11) is 0. The molecule has 1 aromatic carbocycles. The average Bonchev–Trinajstić information content (AvgIpc) is 2.51. The van der Waals surface area contributed by atoms with Gasteiger partial charge in [0.15, 0.2) is 0 Å². The van der Waals surface area contributed by atoms with Crippen molar-refractivity contribution in [3.63, 3.8) is 0 Å². The lowest BCUT2D eigenvalue weighted by Gasteiger charge is -2.43. The Morgan fingerprint density at radius 2 is 1.76 bits per heavy atom. The van der Waals surface area contributed by atoms with Crippen LogP contribution in [0.4, 0.5) is 0 Å². The van der Waals surface area contributed by atoms with Crippen LogP contribution >= 0.6 is 24.0 Å². The van der Waals surface area contributed by atoms with E-state index in [1.165, 1.54) is 63.7 Å². The molecule has 0 aliphatic carbocycles. The molecule has 2 fully saturated rings. The summed E-state index contributed by atoms with van der Waals surface area (Å²) in [6.07, 6.45) is 7.93. The second kappa shape index (κ2) is 8.38. The predicted molar refractivity (Wildman–Crippen MR) is 92.6 cm³/mol. The van der Waals surface area contributed by atoms with Crippen molar-refractivity contribution in [3.05, 3.63) is 34.9 Å². The SMILES string of the molecule is Cl.Clc1ccc(C[C@H]2CCCCN2C2CCNCC2)cc1. The molecule has 2 heterocycles. The number of hydrogen-bond donors (Lipinski definition) is 1. The largest absolute Gasteiger partial charge is 0.317 e. The number of halogens is 2. The van der Waals surface area contributed by atoms with Crippen LogP contribution in [0.1, 0.15) is 37.7 Å². The van der Waals surface area contributed by atoms with E-state index in [4.69, 9.17) is 11.6 Å². The van der Waals surface area contributed by atoms with Crippen molar-refractivity contribution >= 4 is 24.0 Å². The maximum Gasteiger partial charge on any atom is 0.0406 e. The van der Waals surface area contributed by atoms with Crippen LogP contribution in [0.5, 0.6) is 0 Å². The van der Waals surface area contributed by atoms with Gasteiger partial charge in [0.2, 0.25) is 0 Å². The second-order valence-corrected chi connectivity index (χ2v) is 6.64. The van der Waals surface area contributed by atoms with Gasteiger partial charge in [-0.05, 0) is 69.4 Å². The van der Waals surface area contributed by atoms with E-state index in [1.54, 1.807) is 0 Å². The summed E-state index contributed by atoms with van der Waals surface area (Å²) in [5, 5.41) is 4.32. The predicted octanol–water partition coefficient (Wildman–Crippen LogP) is 3.91. The highest BCUT2D eigenvalue weighted by Gasteiger charge is 2.29. The van der Waals surface area contributed by atoms with E-state index in [-0.39, 0.29) is 12.4 Å². The number of nitrogens with zero attached hydrogens (tertiary/aromatic N) is 1. The monoisotopic (exact) mass is 328 g/mol. The molecule has 4 heteroatoms. The molecule has 1 atom stereocenters. The molecule has 0 aromatic heterocycles. The van der Waals surface area contributed by atoms with Crippen LogP contribution in [-0.2, 0) is 6.42 Å². The fraction of sp³-hybridized carbons (Fsp3) is 0.647. The standard InChI is InChI=1S/C17H25ClN2.ClH/c18-15-6-4-14(5-7-15)13-17-3-1-2-12-20(17)16-8-10-19-11-9-16;/h4-7,16-17,19H,1-3,8-13H2;1H/t17-;/m1./s1. The molecule has 2 aliphatic rings. The zero-order valence-electron chi connectivity index (χ0n) is 12.6. The minimum absolute atomic E-state index is 0. The van der Waals surface area contributed by atoms with Gasteiger partial charge in [-0.25, -0.2) is 0 Å². The molecule has 118 valence electrons. The Hall–Kier alpha value is -0.280. The number of piperidine rings is 2. The summed E-state index contributed by atoms with van der Waals surface area (Å²) in [5.41, 5.74) is 1.43. The summed E-state index contributed by atoms with van der Waals surface area (Å²) in [5.74, 6) is 0. The Morgan fingerprint density at radius 1 is 1.05 bits per heavy atom. The molecule has 1 N–H and O–H groups in total. The van der Waals surface area contributed by atoms with Gasteiger partial charge in [-0.15, -0.1) is 12.4 Å². The first kappa shape index (κ1) is 17.1. The molecule has 2 nitrogen and oxygen atoms in total. The molecule has 0 saturated carbocycles. The Kier molecular flexibility index (Phi) is 6.81. The van der Waals surface area contributed by atoms with Crippen molar-refractivity contribution in [1.29, 1.82) is 0 Å². The first-order valence-corrected chi connectivity index (χ1v) is 8.41. The molecule has 0 unspecified atom stereocenters. The van der Waals surface area contributed by atoms with Crippen LogP contribution < -0.4 is 5.32 Å². The molecule has 0 amide bonds. The van der Waals surface area contributed by atoms with E-state index in [0.29, 0.717) is 0 Å². The summed E-state index contributed by atoms with van der Waals surface area (Å²) < 4.78 is 0. The molecular weight excluding hydrogens is 303 g/mol. The van der Waals surface area contributed by atoms with Crippen molar-refractivity contribution in [2.24, 2.45) is 0 Å². The van der Waals surface area contributed by atoms with Crippen molar-refractivity contribution in [2.75, 3.05) is 19.6 Å². The van der Waals surface area contributed by atoms with E-state index in [9.17, 15) is 0 Å². The minimum atomic E-state index is 0. The maximum atomic E-state index is 5.99. The number of rotatable bonds is 3. The van der Waals surface area contributed by atoms with Crippen LogP contribution in [0.3, 0.4) is 0 Å². The Morgan fingerprint density at radius 3 is 2.48 bits per heavy atom. The van der Waals surface area contributed by atoms with Gasteiger partial charge >= 0.3 is 0 Å². The topological polar surface area (TPSA) is 15.3 Å². The van der Waals surface area contributed by atoms with E-state index in [0.717, 1.165) is 17.1 Å². The Bertz CT molecular complexity index is 415. The zero-order valence-corrected chi connectivity index (χ0v) is 14.1. The van der Waals surface area contributed by atoms with Gasteiger partial charge in [0.25, 0.3) is 0 Å². The van der Waals surface area contributed by atoms with Crippen molar-refractivity contribution < 1.29 is 0 Å². The molecule has 2 aliphatic heterocycles. The molecule has 3 rings (SSSR count). The third-order valence-electron chi connectivity index (χ3n) is 4.83. The summed E-state index contributed by atoms with van der Waals surface area (Å²) in [6.45, 7) is 3.67. The minimum Gasteiger partial charge on any atom is -0.317 e. The zero-order chi connectivity index (χ0) is 13.8. The highest BCUT2D eigenvalue weighted by molar-refractivity contribution is 6.30. The summed E-state index contributed by atoms with van der Waals surface area (Å²) in [6, 6.07) is 9.96. The Labute approximate surface area is 139 Å². The van der Waals surface area contributed by atoms with E-state index in [2.05, 4.69) is 22.3 Å². The average molecular weight is 329 g/mol. The number of nitrogens with one attached hydrogen (secondary N) is 1. The molecule has 21 heavy (non-hydrogen) atoms. The van der Waals surface area contributed by atoms with Gasteiger partial charge in [0, 0.05) is 17.1 Å². The van der Waals surface area contributed by atoms with E-state index < -0.39 is 0 Å². The first-order valence-electron chi connectivity index (χ1n) is 8.04. The van der Waals surface area contributed by atoms with E-state index >= 15 is 0 Å². The lowest BCUT2D eigenvalue weighted by Crippen LogP contribution is -2.50. The second-order valence-electron chi connectivity index (χ2n) is 6.20. The van der Waals surface area contributed by atoms with Crippen molar-refractivity contribution in [3.8, 4) is 0 Å².